The summed E-state index contributed by atoms with van der Waals surface area (Å²) in [6.07, 6.45) is 1.93. The zero-order chi connectivity index (χ0) is 19.4. The molecule has 2 heterocycles. The third kappa shape index (κ3) is 4.57. The number of amides is 1. The van der Waals surface area contributed by atoms with Gasteiger partial charge in [0.1, 0.15) is 24.7 Å². The van der Waals surface area contributed by atoms with Gasteiger partial charge in [-0.05, 0) is 50.2 Å². The van der Waals surface area contributed by atoms with Gasteiger partial charge in [-0.2, -0.15) is 0 Å². The van der Waals surface area contributed by atoms with E-state index in [4.69, 9.17) is 16.3 Å². The van der Waals surface area contributed by atoms with Crippen LogP contribution in [0.25, 0.3) is 16.9 Å². The summed E-state index contributed by atoms with van der Waals surface area (Å²) in [5.74, 6) is 0.498. The highest BCUT2D eigenvalue weighted by Gasteiger charge is 2.18. The maximum Gasteiger partial charge on any atom is 0.226 e. The normalized spacial score (nSPS) is 11.1. The van der Waals surface area contributed by atoms with Crippen LogP contribution in [0.5, 0.6) is 5.75 Å². The van der Waals surface area contributed by atoms with E-state index in [1.165, 1.54) is 0 Å². The van der Waals surface area contributed by atoms with Crippen LogP contribution in [0.4, 0.5) is 4.39 Å². The van der Waals surface area contributed by atoms with E-state index in [9.17, 15) is 9.18 Å². The first-order valence-corrected chi connectivity index (χ1v) is 9.10. The first kappa shape index (κ1) is 19.2. The number of alkyl halides is 1. The van der Waals surface area contributed by atoms with Gasteiger partial charge in [0.25, 0.3) is 0 Å². The van der Waals surface area contributed by atoms with Crippen molar-refractivity contribution in [2.24, 2.45) is 0 Å². The van der Waals surface area contributed by atoms with Crippen molar-refractivity contribution >= 4 is 23.2 Å². The summed E-state index contributed by atoms with van der Waals surface area (Å²) in [5, 5.41) is 3.46. The van der Waals surface area contributed by atoms with Crippen molar-refractivity contribution in [1.29, 1.82) is 0 Å². The molecule has 5 nitrogen and oxygen atoms in total. The summed E-state index contributed by atoms with van der Waals surface area (Å²) in [6.45, 7) is 3.32. The van der Waals surface area contributed by atoms with Crippen molar-refractivity contribution in [3.63, 3.8) is 0 Å². The summed E-state index contributed by atoms with van der Waals surface area (Å²) in [4.78, 5) is 17.0. The van der Waals surface area contributed by atoms with Gasteiger partial charge in [0, 0.05) is 17.8 Å². The summed E-state index contributed by atoms with van der Waals surface area (Å²) in [7, 11) is 0. The van der Waals surface area contributed by atoms with E-state index < -0.39 is 6.67 Å². The number of fused-ring (bicyclic) bond motifs is 1. The lowest BCUT2D eigenvalue weighted by atomic mass is 10.1. The Bertz CT molecular complexity index is 938. The molecule has 0 aliphatic carbocycles. The fraction of sp³-hybridized carbons (Fsp3) is 0.300. The number of halogens is 2. The number of hydrogen-bond acceptors (Lipinski definition) is 3. The van der Waals surface area contributed by atoms with Crippen LogP contribution in [0.3, 0.4) is 0 Å². The standard InChI is InChI=1S/C20H21ClFN3O2/c1-13(2)23-19(26)11-17-20(24-18-8-5-15(21)12-25(17)18)14-3-6-16(7-4-14)27-10-9-22/h3-8,12-13H,9-11H2,1-2H3,(H,23,26). The molecule has 0 radical (unpaired) electrons. The fourth-order valence-electron chi connectivity index (χ4n) is 2.86. The Hall–Kier alpha value is -2.60. The maximum absolute atomic E-state index is 12.4. The van der Waals surface area contributed by atoms with Crippen LogP contribution in [0.2, 0.25) is 5.02 Å². The highest BCUT2D eigenvalue weighted by atomic mass is 35.5. The molecule has 1 amide bonds. The van der Waals surface area contributed by atoms with Crippen molar-refractivity contribution in [2.75, 3.05) is 13.3 Å². The number of carbonyl (C=O) groups excluding carboxylic acids is 1. The quantitative estimate of drug-likeness (QED) is 0.662. The van der Waals surface area contributed by atoms with Crippen LogP contribution in [-0.4, -0.2) is 34.6 Å². The number of benzene rings is 1. The second-order valence-electron chi connectivity index (χ2n) is 6.44. The average Bonchev–Trinajstić information content (AvgIpc) is 2.97. The molecule has 0 fully saturated rings. The molecule has 27 heavy (non-hydrogen) atoms. The van der Waals surface area contributed by atoms with Crippen LogP contribution in [0, 0.1) is 0 Å². The molecule has 142 valence electrons. The maximum atomic E-state index is 12.4. The monoisotopic (exact) mass is 389 g/mol. The van der Waals surface area contributed by atoms with Crippen LogP contribution >= 0.6 is 11.6 Å². The molecule has 0 bridgehead atoms. The number of nitrogens with one attached hydrogen (secondary N) is 1. The second kappa shape index (κ2) is 8.39. The van der Waals surface area contributed by atoms with Gasteiger partial charge in [-0.3, -0.25) is 4.79 Å². The number of hydrogen-bond donors (Lipinski definition) is 1. The molecule has 1 N–H and O–H groups in total. The zero-order valence-corrected chi connectivity index (χ0v) is 16.0. The number of carbonyl (C=O) groups is 1. The molecule has 3 aromatic rings. The van der Waals surface area contributed by atoms with Crippen molar-refractivity contribution in [3.8, 4) is 17.0 Å². The number of aromatic nitrogens is 2. The van der Waals surface area contributed by atoms with Crippen molar-refractivity contribution in [3.05, 3.63) is 53.3 Å². The van der Waals surface area contributed by atoms with Gasteiger partial charge in [0.05, 0.1) is 22.8 Å². The van der Waals surface area contributed by atoms with Gasteiger partial charge < -0.3 is 14.5 Å². The molecule has 0 aliphatic heterocycles. The minimum atomic E-state index is -0.538. The third-order valence-electron chi connectivity index (χ3n) is 3.93. The highest BCUT2D eigenvalue weighted by molar-refractivity contribution is 6.30. The smallest absolute Gasteiger partial charge is 0.226 e. The van der Waals surface area contributed by atoms with Crippen LogP contribution in [-0.2, 0) is 11.2 Å². The Morgan fingerprint density at radius 1 is 1.26 bits per heavy atom. The van der Waals surface area contributed by atoms with E-state index in [1.807, 2.05) is 36.4 Å². The summed E-state index contributed by atoms with van der Waals surface area (Å²) in [5.41, 5.74) is 3.01. The minimum Gasteiger partial charge on any atom is -0.491 e. The molecule has 7 heteroatoms. The van der Waals surface area contributed by atoms with Crippen molar-refractivity contribution < 1.29 is 13.9 Å². The minimum absolute atomic E-state index is 0.0207. The van der Waals surface area contributed by atoms with E-state index in [2.05, 4.69) is 10.3 Å². The Balaban J connectivity index is 2.00. The van der Waals surface area contributed by atoms with Gasteiger partial charge in [0.2, 0.25) is 5.91 Å². The average molecular weight is 390 g/mol. The van der Waals surface area contributed by atoms with E-state index >= 15 is 0 Å². The summed E-state index contributed by atoms with van der Waals surface area (Å²) >= 11 is 6.14. The molecule has 2 aromatic heterocycles. The zero-order valence-electron chi connectivity index (χ0n) is 15.2. The van der Waals surface area contributed by atoms with E-state index in [-0.39, 0.29) is 25.0 Å². The van der Waals surface area contributed by atoms with Crippen molar-refractivity contribution in [2.45, 2.75) is 26.3 Å². The molecule has 0 saturated carbocycles. The second-order valence-corrected chi connectivity index (χ2v) is 6.88. The SMILES string of the molecule is CC(C)NC(=O)Cc1c(-c2ccc(OCCF)cc2)nc2ccc(Cl)cn12. The molecule has 3 rings (SSSR count). The number of nitrogens with zero attached hydrogens (tertiary/aromatic N) is 2. The van der Waals surface area contributed by atoms with E-state index in [0.29, 0.717) is 22.1 Å². The molecule has 0 aliphatic rings. The Morgan fingerprint density at radius 2 is 2.00 bits per heavy atom. The Labute approximate surface area is 162 Å². The molecule has 0 unspecified atom stereocenters. The number of pyridine rings is 1. The predicted molar refractivity (Wildman–Crippen MR) is 104 cm³/mol. The summed E-state index contributed by atoms with van der Waals surface area (Å²) in [6, 6.07) is 10.9. The van der Waals surface area contributed by atoms with E-state index in [1.54, 1.807) is 24.4 Å². The largest absolute Gasteiger partial charge is 0.491 e. The summed E-state index contributed by atoms with van der Waals surface area (Å²) < 4.78 is 19.4. The molecular weight excluding hydrogens is 369 g/mol. The topological polar surface area (TPSA) is 55.6 Å². The lowest BCUT2D eigenvalue weighted by Gasteiger charge is -2.10. The first-order valence-electron chi connectivity index (χ1n) is 8.73. The van der Waals surface area contributed by atoms with Gasteiger partial charge in [-0.15, -0.1) is 0 Å². The molecule has 0 saturated heterocycles. The lowest BCUT2D eigenvalue weighted by molar-refractivity contribution is -0.120. The van der Waals surface area contributed by atoms with Crippen molar-refractivity contribution in [1.82, 2.24) is 14.7 Å². The van der Waals surface area contributed by atoms with E-state index in [0.717, 1.165) is 11.3 Å². The number of imidazole rings is 1. The van der Waals surface area contributed by atoms with Gasteiger partial charge in [-0.1, -0.05) is 11.6 Å². The molecule has 0 spiro atoms. The molecular formula is C20H21ClFN3O2. The van der Waals surface area contributed by atoms with Crippen LogP contribution in [0.15, 0.2) is 42.6 Å². The third-order valence-corrected chi connectivity index (χ3v) is 4.16. The Morgan fingerprint density at radius 3 is 2.67 bits per heavy atom. The van der Waals surface area contributed by atoms with Gasteiger partial charge >= 0.3 is 0 Å². The Kier molecular flexibility index (Phi) is 5.96. The lowest BCUT2D eigenvalue weighted by Crippen LogP contribution is -2.31. The molecule has 1 aromatic carbocycles. The number of rotatable bonds is 7. The predicted octanol–water partition coefficient (Wildman–Crippen LogP) is 4.07. The first-order chi connectivity index (χ1) is 13.0. The highest BCUT2D eigenvalue weighted by Crippen LogP contribution is 2.28. The fourth-order valence-corrected chi connectivity index (χ4v) is 3.02. The van der Waals surface area contributed by atoms with Gasteiger partial charge in [0.15, 0.2) is 0 Å². The molecule has 0 atom stereocenters. The van der Waals surface area contributed by atoms with Gasteiger partial charge in [-0.25, -0.2) is 9.37 Å². The van der Waals surface area contributed by atoms with Crippen LogP contribution < -0.4 is 10.1 Å². The number of ether oxygens (including phenoxy) is 1. The van der Waals surface area contributed by atoms with Crippen LogP contribution in [0.1, 0.15) is 19.5 Å².